The molecule has 0 radical (unpaired) electrons. The highest BCUT2D eigenvalue weighted by Gasteiger charge is 2.28. The smallest absolute Gasteiger partial charge is 0.414 e. The maximum Gasteiger partial charge on any atom is 0.414 e. The number of alkyl carbamates (subject to hydrolysis) is 1. The van der Waals surface area contributed by atoms with Crippen LogP contribution in [0.15, 0.2) is 29.6 Å². The van der Waals surface area contributed by atoms with E-state index in [1.165, 1.54) is 17.4 Å². The van der Waals surface area contributed by atoms with Crippen molar-refractivity contribution in [1.82, 2.24) is 5.32 Å². The Bertz CT molecular complexity index is 894. The molecular formula is C19H20N2O6S. The first-order valence-electron chi connectivity index (χ1n) is 8.68. The fraction of sp³-hybridized carbons (Fsp3) is 0.316. The van der Waals surface area contributed by atoms with Gasteiger partial charge in [-0.15, -0.1) is 11.3 Å². The monoisotopic (exact) mass is 404 g/mol. The molecule has 28 heavy (non-hydrogen) atoms. The van der Waals surface area contributed by atoms with Gasteiger partial charge in [0.15, 0.2) is 0 Å². The van der Waals surface area contributed by atoms with Crippen LogP contribution in [0.5, 0.6) is 11.5 Å². The summed E-state index contributed by atoms with van der Waals surface area (Å²) in [6, 6.07) is 7.00. The molecule has 1 unspecified atom stereocenters. The lowest BCUT2D eigenvalue weighted by Gasteiger charge is -2.25. The van der Waals surface area contributed by atoms with Crippen LogP contribution >= 0.6 is 11.3 Å². The second-order valence-corrected chi connectivity index (χ2v) is 6.93. The summed E-state index contributed by atoms with van der Waals surface area (Å²) in [4.78, 5) is 36.3. The lowest BCUT2D eigenvalue weighted by molar-refractivity contribution is -0.121. The topological polar surface area (TPSA) is 103 Å². The number of nitrogens with one attached hydrogen (secondary N) is 2. The van der Waals surface area contributed by atoms with Gasteiger partial charge in [0.1, 0.15) is 23.1 Å². The molecule has 3 amide bonds. The molecule has 2 heterocycles. The molecule has 9 heteroatoms. The van der Waals surface area contributed by atoms with Gasteiger partial charge in [0.05, 0.1) is 25.2 Å². The first-order chi connectivity index (χ1) is 13.5. The van der Waals surface area contributed by atoms with Gasteiger partial charge in [0, 0.05) is 0 Å². The maximum atomic E-state index is 12.7. The highest BCUT2D eigenvalue weighted by atomic mass is 32.1. The Balaban J connectivity index is 1.66. The second kappa shape index (κ2) is 8.75. The van der Waals surface area contributed by atoms with Crippen molar-refractivity contribution in [1.29, 1.82) is 0 Å². The Hall–Kier alpha value is -3.07. The fourth-order valence-electron chi connectivity index (χ4n) is 2.79. The van der Waals surface area contributed by atoms with Crippen LogP contribution in [0.1, 0.15) is 22.8 Å². The summed E-state index contributed by atoms with van der Waals surface area (Å²) in [6.07, 6.45) is -0.337. The molecule has 1 aromatic heterocycles. The molecule has 1 atom stereocenters. The van der Waals surface area contributed by atoms with E-state index < -0.39 is 17.9 Å². The third-order valence-corrected chi connectivity index (χ3v) is 5.01. The largest absolute Gasteiger partial charge is 0.497 e. The minimum Gasteiger partial charge on any atom is -0.497 e. The van der Waals surface area contributed by atoms with Crippen molar-refractivity contribution in [3.63, 3.8) is 0 Å². The van der Waals surface area contributed by atoms with Crippen molar-refractivity contribution in [2.24, 2.45) is 5.92 Å². The van der Waals surface area contributed by atoms with Crippen molar-refractivity contribution in [3.8, 4) is 11.5 Å². The first-order valence-corrected chi connectivity index (χ1v) is 9.56. The van der Waals surface area contributed by atoms with Gasteiger partial charge in [-0.1, -0.05) is 0 Å². The SMILES string of the molecule is CCOC(=O)NC(=O)c1ccsc1NC(=O)C1COc2ccc(OC)cc2C1. The van der Waals surface area contributed by atoms with Gasteiger partial charge in [-0.3, -0.25) is 14.9 Å². The lowest BCUT2D eigenvalue weighted by Crippen LogP contribution is -2.34. The number of anilines is 1. The summed E-state index contributed by atoms with van der Waals surface area (Å²) in [6.45, 7) is 2.03. The summed E-state index contributed by atoms with van der Waals surface area (Å²) in [5.74, 6) is 0.115. The molecule has 0 saturated heterocycles. The predicted octanol–water partition coefficient (Wildman–Crippen LogP) is 2.83. The Morgan fingerprint density at radius 3 is 2.86 bits per heavy atom. The number of imide groups is 1. The van der Waals surface area contributed by atoms with Crippen LogP contribution in [0.2, 0.25) is 0 Å². The number of carbonyl (C=O) groups is 3. The first kappa shape index (κ1) is 19.7. The summed E-state index contributed by atoms with van der Waals surface area (Å²) in [5, 5.41) is 6.90. The molecule has 3 rings (SSSR count). The van der Waals surface area contributed by atoms with Gasteiger partial charge in [-0.2, -0.15) is 0 Å². The molecule has 1 aliphatic rings. The van der Waals surface area contributed by atoms with E-state index in [1.807, 2.05) is 12.1 Å². The van der Waals surface area contributed by atoms with E-state index in [-0.39, 0.29) is 24.7 Å². The molecule has 0 spiro atoms. The number of carbonyl (C=O) groups excluding carboxylic acids is 3. The average molecular weight is 404 g/mol. The molecule has 8 nitrogen and oxygen atoms in total. The summed E-state index contributed by atoms with van der Waals surface area (Å²) in [7, 11) is 1.58. The van der Waals surface area contributed by atoms with Crippen LogP contribution in [0.3, 0.4) is 0 Å². The summed E-state index contributed by atoms with van der Waals surface area (Å²) in [5.41, 5.74) is 1.09. The summed E-state index contributed by atoms with van der Waals surface area (Å²) >= 11 is 1.20. The molecule has 0 aliphatic carbocycles. The van der Waals surface area contributed by atoms with Gasteiger partial charge in [-0.05, 0) is 48.6 Å². The quantitative estimate of drug-likeness (QED) is 0.794. The minimum atomic E-state index is -0.831. The molecule has 2 N–H and O–H groups in total. The zero-order valence-corrected chi connectivity index (χ0v) is 16.3. The number of hydrogen-bond donors (Lipinski definition) is 2. The Morgan fingerprint density at radius 1 is 1.29 bits per heavy atom. The van der Waals surface area contributed by atoms with E-state index in [9.17, 15) is 14.4 Å². The van der Waals surface area contributed by atoms with Crippen LogP contribution in [0.4, 0.5) is 9.80 Å². The van der Waals surface area contributed by atoms with Crippen molar-refractivity contribution < 1.29 is 28.6 Å². The zero-order chi connectivity index (χ0) is 20.1. The van der Waals surface area contributed by atoms with Gasteiger partial charge in [0.25, 0.3) is 5.91 Å². The number of thiophene rings is 1. The number of hydrogen-bond acceptors (Lipinski definition) is 7. The molecule has 148 valence electrons. The molecule has 2 aromatic rings. The molecule has 0 fully saturated rings. The standard InChI is InChI=1S/C19H20N2O6S/c1-3-26-19(24)21-17(23)14-6-7-28-18(14)20-16(22)12-8-11-9-13(25-2)4-5-15(11)27-10-12/h4-7,9,12H,3,8,10H2,1-2H3,(H,20,22)(H,21,23,24). The Morgan fingerprint density at radius 2 is 2.11 bits per heavy atom. The fourth-order valence-corrected chi connectivity index (χ4v) is 3.58. The van der Waals surface area contributed by atoms with E-state index in [0.29, 0.717) is 17.2 Å². The van der Waals surface area contributed by atoms with Crippen LogP contribution in [-0.2, 0) is 16.0 Å². The van der Waals surface area contributed by atoms with Crippen LogP contribution in [-0.4, -0.2) is 38.2 Å². The lowest BCUT2D eigenvalue weighted by atomic mass is 9.96. The van der Waals surface area contributed by atoms with Gasteiger partial charge in [0.2, 0.25) is 5.91 Å². The van der Waals surface area contributed by atoms with E-state index in [1.54, 1.807) is 25.5 Å². The third kappa shape index (κ3) is 4.42. The molecule has 1 aliphatic heterocycles. The highest BCUT2D eigenvalue weighted by molar-refractivity contribution is 7.14. The normalized spacial score (nSPS) is 15.0. The van der Waals surface area contributed by atoms with Crippen LogP contribution in [0.25, 0.3) is 0 Å². The van der Waals surface area contributed by atoms with E-state index >= 15 is 0 Å². The van der Waals surface area contributed by atoms with Crippen LogP contribution in [0, 0.1) is 5.92 Å². The molecule has 0 saturated carbocycles. The van der Waals surface area contributed by atoms with E-state index in [0.717, 1.165) is 11.3 Å². The number of benzene rings is 1. The van der Waals surface area contributed by atoms with E-state index in [4.69, 9.17) is 14.2 Å². The second-order valence-electron chi connectivity index (χ2n) is 6.01. The molecular weight excluding hydrogens is 384 g/mol. The minimum absolute atomic E-state index is 0.153. The Labute approximate surface area is 165 Å². The number of ether oxygens (including phenoxy) is 3. The third-order valence-electron chi connectivity index (χ3n) is 4.18. The van der Waals surface area contributed by atoms with Gasteiger partial charge < -0.3 is 19.5 Å². The molecule has 1 aromatic carbocycles. The van der Waals surface area contributed by atoms with E-state index in [2.05, 4.69) is 10.6 Å². The zero-order valence-electron chi connectivity index (χ0n) is 15.4. The number of methoxy groups -OCH3 is 1. The predicted molar refractivity (Wildman–Crippen MR) is 103 cm³/mol. The van der Waals surface area contributed by atoms with Gasteiger partial charge >= 0.3 is 6.09 Å². The average Bonchev–Trinajstić information content (AvgIpc) is 3.15. The summed E-state index contributed by atoms with van der Waals surface area (Å²) < 4.78 is 15.6. The number of fused-ring (bicyclic) bond motifs is 1. The van der Waals surface area contributed by atoms with Crippen LogP contribution < -0.4 is 20.1 Å². The van der Waals surface area contributed by atoms with Crippen molar-refractivity contribution in [2.75, 3.05) is 25.6 Å². The number of amides is 3. The maximum absolute atomic E-state index is 12.7. The van der Waals surface area contributed by atoms with Crippen molar-refractivity contribution in [2.45, 2.75) is 13.3 Å². The van der Waals surface area contributed by atoms with Gasteiger partial charge in [-0.25, -0.2) is 4.79 Å². The molecule has 0 bridgehead atoms. The van der Waals surface area contributed by atoms with Crippen molar-refractivity contribution in [3.05, 3.63) is 40.8 Å². The van der Waals surface area contributed by atoms with Crippen molar-refractivity contribution >= 4 is 34.2 Å². The highest BCUT2D eigenvalue weighted by Crippen LogP contribution is 2.32. The number of rotatable bonds is 5. The Kier molecular flexibility index (Phi) is 6.15.